The summed E-state index contributed by atoms with van der Waals surface area (Å²) in [5, 5.41) is 14.2. The summed E-state index contributed by atoms with van der Waals surface area (Å²) < 4.78 is 30.2. The zero-order valence-electron chi connectivity index (χ0n) is 16.0. The number of aromatic nitrogens is 3. The van der Waals surface area contributed by atoms with Crippen LogP contribution in [-0.2, 0) is 17.9 Å². The molecule has 4 rings (SSSR count). The molecule has 0 spiro atoms. The zero-order valence-corrected chi connectivity index (χ0v) is 16.0. The molecular formula is C22H17F2N3O3. The molecule has 0 unspecified atom stereocenters. The fourth-order valence-corrected chi connectivity index (χ4v) is 3.62. The van der Waals surface area contributed by atoms with E-state index in [-0.39, 0.29) is 18.6 Å². The number of hydrogen-bond acceptors (Lipinski definition) is 3. The molecular weight excluding hydrogens is 392 g/mol. The van der Waals surface area contributed by atoms with Gasteiger partial charge in [0.05, 0.1) is 12.2 Å². The van der Waals surface area contributed by atoms with Crippen LogP contribution in [0.25, 0.3) is 22.2 Å². The van der Waals surface area contributed by atoms with Crippen molar-refractivity contribution in [2.45, 2.75) is 20.0 Å². The fraction of sp³-hybridized carbons (Fsp3) is 0.136. The van der Waals surface area contributed by atoms with Gasteiger partial charge in [0.15, 0.2) is 0 Å². The number of carboxylic acid groups (broad SMARTS) is 1. The lowest BCUT2D eigenvalue weighted by atomic mass is 10.1. The van der Waals surface area contributed by atoms with Crippen molar-refractivity contribution in [3.63, 3.8) is 0 Å². The second-order valence-electron chi connectivity index (χ2n) is 6.95. The number of fused-ring (bicyclic) bond motifs is 1. The van der Waals surface area contributed by atoms with E-state index in [1.807, 2.05) is 0 Å². The first-order chi connectivity index (χ1) is 14.3. The lowest BCUT2D eigenvalue weighted by molar-refractivity contribution is -0.137. The molecule has 0 amide bonds. The van der Waals surface area contributed by atoms with E-state index in [4.69, 9.17) is 0 Å². The third kappa shape index (κ3) is 3.59. The van der Waals surface area contributed by atoms with E-state index in [9.17, 15) is 23.5 Å². The quantitative estimate of drug-likeness (QED) is 0.547. The average Bonchev–Trinajstić information content (AvgIpc) is 2.94. The number of aliphatic carboxylic acids is 1. The van der Waals surface area contributed by atoms with Crippen LogP contribution in [0, 0.1) is 18.6 Å². The Balaban J connectivity index is 1.88. The van der Waals surface area contributed by atoms with Crippen LogP contribution in [-0.4, -0.2) is 25.4 Å². The van der Waals surface area contributed by atoms with Gasteiger partial charge in [0, 0.05) is 28.2 Å². The van der Waals surface area contributed by atoms with Crippen LogP contribution in [0.5, 0.6) is 0 Å². The van der Waals surface area contributed by atoms with Crippen LogP contribution in [0.1, 0.15) is 11.3 Å². The van der Waals surface area contributed by atoms with Gasteiger partial charge in [0.1, 0.15) is 18.2 Å². The maximum Gasteiger partial charge on any atom is 0.323 e. The molecule has 0 bridgehead atoms. The number of rotatable bonds is 5. The molecule has 4 aromatic rings. The first-order valence-corrected chi connectivity index (χ1v) is 9.16. The highest BCUT2D eigenvalue weighted by Crippen LogP contribution is 2.33. The molecule has 2 heterocycles. The molecule has 6 nitrogen and oxygen atoms in total. The largest absolute Gasteiger partial charge is 0.480 e. The highest BCUT2D eigenvalue weighted by Gasteiger charge is 2.19. The number of nitrogens with zero attached hydrogens (tertiary/aromatic N) is 3. The van der Waals surface area contributed by atoms with Crippen molar-refractivity contribution in [3.8, 4) is 11.3 Å². The summed E-state index contributed by atoms with van der Waals surface area (Å²) in [6.07, 6.45) is 0. The van der Waals surface area contributed by atoms with Crippen molar-refractivity contribution < 1.29 is 18.7 Å². The second kappa shape index (κ2) is 7.55. The standard InChI is InChI=1S/C22H17F2N3O3/c1-13-22(17-10-16(24)5-7-19(17)26(13)12-21(29)30)18-6-8-20(28)27(25-18)11-14-3-2-4-15(23)9-14/h2-10H,11-12H2,1H3,(H,29,30). The van der Waals surface area contributed by atoms with E-state index in [1.54, 1.807) is 23.6 Å². The first-order valence-electron chi connectivity index (χ1n) is 9.16. The number of carboxylic acids is 1. The molecule has 0 saturated carbocycles. The fourth-order valence-electron chi connectivity index (χ4n) is 3.62. The summed E-state index contributed by atoms with van der Waals surface area (Å²) in [7, 11) is 0. The van der Waals surface area contributed by atoms with E-state index in [2.05, 4.69) is 5.10 Å². The number of carbonyl (C=O) groups is 1. The maximum absolute atomic E-state index is 14.0. The van der Waals surface area contributed by atoms with Crippen molar-refractivity contribution in [3.05, 3.63) is 87.8 Å². The summed E-state index contributed by atoms with van der Waals surface area (Å²) in [5.74, 6) is -1.92. The summed E-state index contributed by atoms with van der Waals surface area (Å²) in [6.45, 7) is 1.49. The molecule has 0 saturated heterocycles. The summed E-state index contributed by atoms with van der Waals surface area (Å²) in [6, 6.07) is 12.8. The van der Waals surface area contributed by atoms with Crippen LogP contribution in [0.4, 0.5) is 8.78 Å². The Hall–Kier alpha value is -3.81. The Morgan fingerprint density at radius 2 is 1.83 bits per heavy atom. The number of halogens is 2. The topological polar surface area (TPSA) is 77.1 Å². The van der Waals surface area contributed by atoms with Crippen molar-refractivity contribution in [2.75, 3.05) is 0 Å². The van der Waals surface area contributed by atoms with E-state index in [0.717, 1.165) is 0 Å². The lowest BCUT2D eigenvalue weighted by Crippen LogP contribution is -2.23. The van der Waals surface area contributed by atoms with Crippen molar-refractivity contribution in [1.82, 2.24) is 14.3 Å². The smallest absolute Gasteiger partial charge is 0.323 e. The molecule has 0 aliphatic heterocycles. The maximum atomic E-state index is 14.0. The number of benzene rings is 2. The van der Waals surface area contributed by atoms with Crippen LogP contribution in [0.2, 0.25) is 0 Å². The van der Waals surface area contributed by atoms with E-state index in [0.29, 0.717) is 33.4 Å². The van der Waals surface area contributed by atoms with Gasteiger partial charge in [-0.05, 0) is 48.9 Å². The summed E-state index contributed by atoms with van der Waals surface area (Å²) in [4.78, 5) is 23.6. The Morgan fingerprint density at radius 1 is 1.07 bits per heavy atom. The molecule has 2 aromatic heterocycles. The van der Waals surface area contributed by atoms with Crippen molar-refractivity contribution in [2.24, 2.45) is 0 Å². The minimum Gasteiger partial charge on any atom is -0.480 e. The van der Waals surface area contributed by atoms with Gasteiger partial charge in [0.25, 0.3) is 5.56 Å². The Labute approximate surface area is 169 Å². The third-order valence-corrected chi connectivity index (χ3v) is 4.92. The molecule has 152 valence electrons. The van der Waals surface area contributed by atoms with Gasteiger partial charge in [-0.15, -0.1) is 0 Å². The second-order valence-corrected chi connectivity index (χ2v) is 6.95. The van der Waals surface area contributed by atoms with E-state index < -0.39 is 17.6 Å². The van der Waals surface area contributed by atoms with E-state index in [1.165, 1.54) is 47.1 Å². The molecule has 2 aromatic carbocycles. The van der Waals surface area contributed by atoms with Crippen LogP contribution < -0.4 is 5.56 Å². The normalized spacial score (nSPS) is 11.2. The molecule has 30 heavy (non-hydrogen) atoms. The van der Waals surface area contributed by atoms with Crippen LogP contribution in [0.3, 0.4) is 0 Å². The van der Waals surface area contributed by atoms with Crippen LogP contribution in [0.15, 0.2) is 59.4 Å². The number of hydrogen-bond donors (Lipinski definition) is 1. The van der Waals surface area contributed by atoms with Gasteiger partial charge in [-0.3, -0.25) is 9.59 Å². The summed E-state index contributed by atoms with van der Waals surface area (Å²) >= 11 is 0. The zero-order chi connectivity index (χ0) is 21.4. The molecule has 0 atom stereocenters. The third-order valence-electron chi connectivity index (χ3n) is 4.92. The molecule has 1 N–H and O–H groups in total. The van der Waals surface area contributed by atoms with Gasteiger partial charge in [-0.25, -0.2) is 13.5 Å². The van der Waals surface area contributed by atoms with Gasteiger partial charge >= 0.3 is 5.97 Å². The van der Waals surface area contributed by atoms with Gasteiger partial charge in [0.2, 0.25) is 0 Å². The molecule has 0 radical (unpaired) electrons. The van der Waals surface area contributed by atoms with Crippen molar-refractivity contribution in [1.29, 1.82) is 0 Å². The Morgan fingerprint density at radius 3 is 2.57 bits per heavy atom. The minimum atomic E-state index is -1.03. The first kappa shape index (κ1) is 19.5. The highest BCUT2D eigenvalue weighted by molar-refractivity contribution is 5.97. The van der Waals surface area contributed by atoms with Gasteiger partial charge < -0.3 is 9.67 Å². The van der Waals surface area contributed by atoms with Gasteiger partial charge in [-0.2, -0.15) is 5.10 Å². The lowest BCUT2D eigenvalue weighted by Gasteiger charge is -2.09. The van der Waals surface area contributed by atoms with E-state index >= 15 is 0 Å². The molecule has 0 aliphatic rings. The highest BCUT2D eigenvalue weighted by atomic mass is 19.1. The minimum absolute atomic E-state index is 0.0611. The van der Waals surface area contributed by atoms with Crippen molar-refractivity contribution >= 4 is 16.9 Å². The average molecular weight is 409 g/mol. The Bertz CT molecular complexity index is 1340. The Kier molecular flexibility index (Phi) is 4.91. The molecule has 0 fully saturated rings. The van der Waals surface area contributed by atoms with Crippen LogP contribution >= 0.6 is 0 Å². The molecule has 8 heteroatoms. The molecule has 0 aliphatic carbocycles. The monoisotopic (exact) mass is 409 g/mol. The summed E-state index contributed by atoms with van der Waals surface area (Å²) in [5.41, 5.74) is 2.26. The SMILES string of the molecule is Cc1c(-c2ccc(=O)n(Cc3cccc(F)c3)n2)c2cc(F)ccc2n1CC(=O)O. The predicted molar refractivity (Wildman–Crippen MR) is 107 cm³/mol. The predicted octanol–water partition coefficient (Wildman–Crippen LogP) is 3.58. The van der Waals surface area contributed by atoms with Gasteiger partial charge in [-0.1, -0.05) is 12.1 Å².